The van der Waals surface area contributed by atoms with Crippen molar-refractivity contribution in [3.8, 4) is 5.75 Å². The molecule has 0 spiro atoms. The molecular formula is C12H15F3N2O3. The van der Waals surface area contributed by atoms with Gasteiger partial charge in [0.05, 0.1) is 13.7 Å². The maximum Gasteiger partial charge on any atom is 0.471 e. The molecule has 1 amide bonds. The number of amides is 1. The van der Waals surface area contributed by atoms with Gasteiger partial charge in [0.1, 0.15) is 5.75 Å². The lowest BCUT2D eigenvalue weighted by Gasteiger charge is -2.26. The molecule has 0 aliphatic carbocycles. The highest BCUT2D eigenvalue weighted by Gasteiger charge is 2.43. The lowest BCUT2D eigenvalue weighted by atomic mass is 10.2. The van der Waals surface area contributed by atoms with E-state index in [1.54, 1.807) is 0 Å². The fraction of sp³-hybridized carbons (Fsp3) is 0.417. The Morgan fingerprint density at radius 2 is 2.15 bits per heavy atom. The van der Waals surface area contributed by atoms with Crippen LogP contribution >= 0.6 is 0 Å². The number of carbonyl (C=O) groups is 1. The van der Waals surface area contributed by atoms with Gasteiger partial charge in [0, 0.05) is 24.3 Å². The number of benzene rings is 1. The number of methoxy groups -OCH3 is 1. The summed E-state index contributed by atoms with van der Waals surface area (Å²) in [5, 5.41) is 8.85. The molecule has 0 aliphatic rings. The van der Waals surface area contributed by atoms with Crippen molar-refractivity contribution in [3.63, 3.8) is 0 Å². The second-order valence-electron chi connectivity index (χ2n) is 4.06. The predicted molar refractivity (Wildman–Crippen MR) is 66.5 cm³/mol. The lowest BCUT2D eigenvalue weighted by molar-refractivity contribution is -0.170. The Morgan fingerprint density at radius 3 is 2.65 bits per heavy atom. The van der Waals surface area contributed by atoms with Gasteiger partial charge in [-0.05, 0) is 12.1 Å². The van der Waals surface area contributed by atoms with E-state index in [0.717, 1.165) is 0 Å². The third-order valence-corrected chi connectivity index (χ3v) is 2.50. The molecule has 5 nitrogen and oxygen atoms in total. The normalized spacial score (nSPS) is 12.9. The van der Waals surface area contributed by atoms with Crippen molar-refractivity contribution in [2.24, 2.45) is 5.73 Å². The minimum atomic E-state index is -5.03. The molecule has 0 fully saturated rings. The molecule has 0 heterocycles. The fourth-order valence-corrected chi connectivity index (χ4v) is 1.53. The van der Waals surface area contributed by atoms with Crippen molar-refractivity contribution in [3.05, 3.63) is 24.3 Å². The van der Waals surface area contributed by atoms with Crippen molar-refractivity contribution in [1.29, 1.82) is 0 Å². The quantitative estimate of drug-likeness (QED) is 0.846. The summed E-state index contributed by atoms with van der Waals surface area (Å²) in [6, 6.07) is 4.62. The maximum absolute atomic E-state index is 12.6. The molecular weight excluding hydrogens is 277 g/mol. The Balaban J connectivity index is 3.12. The van der Waals surface area contributed by atoms with Crippen molar-refractivity contribution in [1.82, 2.24) is 0 Å². The Kier molecular flexibility index (Phi) is 5.34. The molecule has 1 aromatic carbocycles. The van der Waals surface area contributed by atoms with Crippen LogP contribution in [0.15, 0.2) is 24.3 Å². The molecule has 20 heavy (non-hydrogen) atoms. The molecule has 0 aliphatic heterocycles. The summed E-state index contributed by atoms with van der Waals surface area (Å²) in [7, 11) is 1.36. The molecule has 1 rings (SSSR count). The molecule has 0 saturated heterocycles. The first-order valence-electron chi connectivity index (χ1n) is 5.68. The minimum Gasteiger partial charge on any atom is -0.497 e. The molecule has 3 N–H and O–H groups in total. The van der Waals surface area contributed by atoms with Crippen molar-refractivity contribution in [2.45, 2.75) is 12.2 Å². The third kappa shape index (κ3) is 4.10. The summed E-state index contributed by atoms with van der Waals surface area (Å²) in [5.41, 5.74) is 5.42. The van der Waals surface area contributed by atoms with Crippen molar-refractivity contribution >= 4 is 11.6 Å². The summed E-state index contributed by atoms with van der Waals surface area (Å²) >= 11 is 0. The number of hydrogen-bond donors (Lipinski definition) is 2. The van der Waals surface area contributed by atoms with E-state index in [4.69, 9.17) is 15.6 Å². The van der Waals surface area contributed by atoms with Crippen LogP contribution < -0.4 is 15.4 Å². The average molecular weight is 292 g/mol. The Hall–Kier alpha value is -1.80. The highest BCUT2D eigenvalue weighted by atomic mass is 19.4. The van der Waals surface area contributed by atoms with Crippen LogP contribution in [0.5, 0.6) is 5.75 Å². The smallest absolute Gasteiger partial charge is 0.471 e. The zero-order valence-corrected chi connectivity index (χ0v) is 10.7. The fourth-order valence-electron chi connectivity index (χ4n) is 1.53. The topological polar surface area (TPSA) is 75.8 Å². The summed E-state index contributed by atoms with van der Waals surface area (Å²) in [6.45, 7) is -0.992. The highest BCUT2D eigenvalue weighted by molar-refractivity contribution is 5.97. The highest BCUT2D eigenvalue weighted by Crippen LogP contribution is 2.26. The summed E-state index contributed by atoms with van der Waals surface area (Å²) in [5.74, 6) is -1.74. The number of aliphatic hydroxyl groups excluding tert-OH is 1. The van der Waals surface area contributed by atoms with Gasteiger partial charge in [-0.1, -0.05) is 6.07 Å². The molecule has 0 bridgehead atoms. The number of carbonyl (C=O) groups excluding carboxylic acids is 1. The van der Waals surface area contributed by atoms with Crippen LogP contribution in [0.3, 0.4) is 0 Å². The number of anilines is 1. The number of nitrogens with two attached hydrogens (primary N) is 1. The molecule has 1 aromatic rings. The average Bonchev–Trinajstić information content (AvgIpc) is 2.42. The lowest BCUT2D eigenvalue weighted by Crippen LogP contribution is -2.48. The number of ether oxygens (including phenoxy) is 1. The maximum atomic E-state index is 12.6. The van der Waals surface area contributed by atoms with Gasteiger partial charge in [0.2, 0.25) is 0 Å². The van der Waals surface area contributed by atoms with Gasteiger partial charge in [-0.2, -0.15) is 13.2 Å². The molecule has 1 unspecified atom stereocenters. The van der Waals surface area contributed by atoms with Crippen LogP contribution in [0.1, 0.15) is 0 Å². The number of aliphatic hydroxyl groups is 1. The SMILES string of the molecule is COc1cccc(N(CC(N)CO)C(=O)C(F)(F)F)c1. The zero-order chi connectivity index (χ0) is 15.3. The summed E-state index contributed by atoms with van der Waals surface area (Å²) in [4.78, 5) is 11.9. The van der Waals surface area contributed by atoms with Crippen molar-refractivity contribution < 1.29 is 27.8 Å². The van der Waals surface area contributed by atoms with E-state index >= 15 is 0 Å². The van der Waals surface area contributed by atoms with Crippen LogP contribution in [-0.4, -0.2) is 43.5 Å². The Bertz CT molecular complexity index is 466. The van der Waals surface area contributed by atoms with Crippen LogP contribution in [0.25, 0.3) is 0 Å². The second-order valence-corrected chi connectivity index (χ2v) is 4.06. The molecule has 0 radical (unpaired) electrons. The van der Waals surface area contributed by atoms with Crippen LogP contribution in [0.4, 0.5) is 18.9 Å². The van der Waals surface area contributed by atoms with Crippen LogP contribution in [0, 0.1) is 0 Å². The number of nitrogens with zero attached hydrogens (tertiary/aromatic N) is 1. The number of hydrogen-bond acceptors (Lipinski definition) is 4. The van der Waals surface area contributed by atoms with E-state index in [2.05, 4.69) is 0 Å². The van der Waals surface area contributed by atoms with E-state index in [0.29, 0.717) is 10.6 Å². The van der Waals surface area contributed by atoms with E-state index in [-0.39, 0.29) is 5.69 Å². The van der Waals surface area contributed by atoms with Crippen LogP contribution in [0.2, 0.25) is 0 Å². The van der Waals surface area contributed by atoms with Gasteiger partial charge in [0.15, 0.2) is 0 Å². The number of rotatable bonds is 5. The Morgan fingerprint density at radius 1 is 1.50 bits per heavy atom. The van der Waals surface area contributed by atoms with E-state index in [9.17, 15) is 18.0 Å². The van der Waals surface area contributed by atoms with E-state index in [1.807, 2.05) is 0 Å². The summed E-state index contributed by atoms with van der Waals surface area (Å²) in [6.07, 6.45) is -5.03. The molecule has 112 valence electrons. The first-order chi connectivity index (χ1) is 9.29. The van der Waals surface area contributed by atoms with Gasteiger partial charge >= 0.3 is 12.1 Å². The van der Waals surface area contributed by atoms with E-state index in [1.165, 1.54) is 31.4 Å². The molecule has 1 atom stereocenters. The zero-order valence-electron chi connectivity index (χ0n) is 10.7. The third-order valence-electron chi connectivity index (χ3n) is 2.50. The summed E-state index contributed by atoms with van der Waals surface area (Å²) < 4.78 is 42.7. The largest absolute Gasteiger partial charge is 0.497 e. The minimum absolute atomic E-state index is 0.00410. The van der Waals surface area contributed by atoms with Gasteiger partial charge in [0.25, 0.3) is 0 Å². The number of halogens is 3. The Labute approximate surface area is 113 Å². The van der Waals surface area contributed by atoms with Crippen molar-refractivity contribution in [2.75, 3.05) is 25.2 Å². The van der Waals surface area contributed by atoms with Gasteiger partial charge < -0.3 is 20.5 Å². The molecule has 0 saturated carbocycles. The standard InChI is InChI=1S/C12H15F3N2O3/c1-20-10-4-2-3-9(5-10)17(6-8(16)7-18)11(19)12(13,14)15/h2-5,8,18H,6-7,16H2,1H3. The molecule has 8 heteroatoms. The van der Waals surface area contributed by atoms with Gasteiger partial charge in [-0.3, -0.25) is 4.79 Å². The van der Waals surface area contributed by atoms with E-state index < -0.39 is 31.3 Å². The van der Waals surface area contributed by atoms with Crippen LogP contribution in [-0.2, 0) is 4.79 Å². The van der Waals surface area contributed by atoms with Gasteiger partial charge in [-0.25, -0.2) is 0 Å². The number of alkyl halides is 3. The van der Waals surface area contributed by atoms with Gasteiger partial charge in [-0.15, -0.1) is 0 Å². The second kappa shape index (κ2) is 6.58. The first kappa shape index (κ1) is 16.3. The molecule has 0 aromatic heterocycles. The monoisotopic (exact) mass is 292 g/mol. The predicted octanol–water partition coefficient (Wildman–Crippen LogP) is 0.910. The first-order valence-corrected chi connectivity index (χ1v) is 5.68.